The van der Waals surface area contributed by atoms with Gasteiger partial charge in [0.25, 0.3) is 0 Å². The molecular weight excluding hydrogens is 492 g/mol. The van der Waals surface area contributed by atoms with Crippen LogP contribution in [0.25, 0.3) is 0 Å². The summed E-state index contributed by atoms with van der Waals surface area (Å²) in [5.41, 5.74) is 0. The van der Waals surface area contributed by atoms with Gasteiger partial charge in [0.1, 0.15) is 0 Å². The zero-order valence-electron chi connectivity index (χ0n) is 20.6. The maximum Gasteiger partial charge on any atom is 0.315 e. The number of unbranched alkanes of at least 4 members (excludes halogenated alkanes) is 1. The van der Waals surface area contributed by atoms with E-state index in [0.717, 1.165) is 37.9 Å². The van der Waals surface area contributed by atoms with Crippen LogP contribution < -0.4 is 21.3 Å². The summed E-state index contributed by atoms with van der Waals surface area (Å²) in [6.07, 6.45) is 5.42. The Morgan fingerprint density at radius 2 is 1.46 bits per heavy atom. The first-order valence-corrected chi connectivity index (χ1v) is 14.3. The van der Waals surface area contributed by atoms with Crippen LogP contribution in [0.15, 0.2) is 0 Å². The average molecular weight is 535 g/mol. The summed E-state index contributed by atoms with van der Waals surface area (Å²) < 4.78 is 16.4. The van der Waals surface area contributed by atoms with Crippen molar-refractivity contribution in [3.63, 3.8) is 0 Å². The summed E-state index contributed by atoms with van der Waals surface area (Å²) >= 11 is 5.92. The lowest BCUT2D eigenvalue weighted by atomic mass is 10.0. The van der Waals surface area contributed by atoms with Gasteiger partial charge in [0.2, 0.25) is 11.8 Å². The van der Waals surface area contributed by atoms with Crippen molar-refractivity contribution >= 4 is 42.2 Å². The Bertz CT molecular complexity index is 631. The van der Waals surface area contributed by atoms with Crippen molar-refractivity contribution in [2.75, 3.05) is 64.2 Å². The minimum absolute atomic E-state index is 0.0222. The average Bonchev–Trinajstić information content (AvgIpc) is 3.38. The summed E-state index contributed by atoms with van der Waals surface area (Å²) in [4.78, 5) is 34.6. The molecule has 0 bridgehead atoms. The van der Waals surface area contributed by atoms with Gasteiger partial charge in [-0.15, -0.1) is 0 Å². The molecular formula is C23H42N4O6S2. The van der Waals surface area contributed by atoms with Gasteiger partial charge in [-0.05, 0) is 31.4 Å². The van der Waals surface area contributed by atoms with Crippen molar-refractivity contribution in [3.05, 3.63) is 0 Å². The third-order valence-electron chi connectivity index (χ3n) is 5.74. The molecule has 0 saturated carbocycles. The lowest BCUT2D eigenvalue weighted by Gasteiger charge is -2.16. The molecule has 2 heterocycles. The highest BCUT2D eigenvalue weighted by molar-refractivity contribution is 8.00. The normalized spacial score (nSPS) is 20.8. The number of amides is 4. The third kappa shape index (κ3) is 13.6. The number of urea groups is 1. The molecule has 2 aliphatic heterocycles. The zero-order valence-corrected chi connectivity index (χ0v) is 22.3. The van der Waals surface area contributed by atoms with Gasteiger partial charge in [0, 0.05) is 50.1 Å². The molecule has 4 amide bonds. The van der Waals surface area contributed by atoms with Crippen LogP contribution in [-0.2, 0) is 23.8 Å². The summed E-state index contributed by atoms with van der Waals surface area (Å²) in [6, 6.07) is 0.441. The van der Waals surface area contributed by atoms with Crippen molar-refractivity contribution < 1.29 is 28.6 Å². The highest BCUT2D eigenvalue weighted by Crippen LogP contribution is 2.33. The van der Waals surface area contributed by atoms with E-state index in [1.807, 2.05) is 11.8 Å². The number of carbonyl (C=O) groups is 3. The molecule has 2 saturated heterocycles. The second-order valence-corrected chi connectivity index (χ2v) is 10.3. The fourth-order valence-electron chi connectivity index (χ4n) is 3.90. The molecule has 3 atom stereocenters. The minimum atomic E-state index is -0.0532. The van der Waals surface area contributed by atoms with Crippen LogP contribution in [-0.4, -0.2) is 99.4 Å². The molecule has 2 aliphatic rings. The number of hydrogen-bond acceptors (Lipinski definition) is 8. The van der Waals surface area contributed by atoms with E-state index in [1.54, 1.807) is 0 Å². The third-order valence-corrected chi connectivity index (χ3v) is 7.47. The van der Waals surface area contributed by atoms with Crippen molar-refractivity contribution in [2.45, 2.75) is 62.3 Å². The predicted molar refractivity (Wildman–Crippen MR) is 140 cm³/mol. The molecule has 202 valence electrons. The Morgan fingerprint density at radius 3 is 2.09 bits per heavy atom. The molecule has 10 nitrogen and oxygen atoms in total. The molecule has 0 aromatic carbocycles. The Balaban J connectivity index is 1.27. The summed E-state index contributed by atoms with van der Waals surface area (Å²) in [7, 11) is 0. The molecule has 4 N–H and O–H groups in total. The van der Waals surface area contributed by atoms with Crippen LogP contribution in [0.1, 0.15) is 44.9 Å². The number of rotatable bonds is 21. The number of thiol groups is 1. The van der Waals surface area contributed by atoms with Crippen molar-refractivity contribution in [2.24, 2.45) is 0 Å². The maximum absolute atomic E-state index is 12.0. The van der Waals surface area contributed by atoms with Crippen molar-refractivity contribution in [3.8, 4) is 0 Å². The van der Waals surface area contributed by atoms with Gasteiger partial charge in [0.05, 0.1) is 38.5 Å². The van der Waals surface area contributed by atoms with Crippen LogP contribution in [0.2, 0.25) is 0 Å². The quantitative estimate of drug-likeness (QED) is 0.0848. The van der Waals surface area contributed by atoms with Crippen LogP contribution in [0, 0.1) is 0 Å². The van der Waals surface area contributed by atoms with E-state index in [0.29, 0.717) is 76.6 Å². The molecule has 0 radical (unpaired) electrons. The van der Waals surface area contributed by atoms with Crippen LogP contribution in [0.4, 0.5) is 4.79 Å². The molecule has 0 aromatic rings. The van der Waals surface area contributed by atoms with Crippen molar-refractivity contribution in [1.82, 2.24) is 21.3 Å². The lowest BCUT2D eigenvalue weighted by molar-refractivity contribution is -0.121. The van der Waals surface area contributed by atoms with E-state index in [2.05, 4.69) is 33.9 Å². The second kappa shape index (κ2) is 19.0. The summed E-state index contributed by atoms with van der Waals surface area (Å²) in [6.45, 7) is 4.45. The van der Waals surface area contributed by atoms with Crippen LogP contribution in [0.5, 0.6) is 0 Å². The largest absolute Gasteiger partial charge is 0.379 e. The number of ether oxygens (including phenoxy) is 3. The molecule has 0 aliphatic carbocycles. The van der Waals surface area contributed by atoms with E-state index in [4.69, 9.17) is 14.2 Å². The number of carbonyl (C=O) groups excluding carboxylic acids is 3. The van der Waals surface area contributed by atoms with Crippen LogP contribution >= 0.6 is 24.4 Å². The maximum atomic E-state index is 12.0. The standard InChI is InChI=1S/C23H42N4O6S2/c28-20(6-2-1-5-19-22-18(17-35-19)26-23(30)27-22)24-8-3-10-31-12-14-33-15-13-32-11-4-9-25-21(29)7-16-34/h18-19,22,34H,1-17H2,(H,24,28)(H,25,29)(H2,26,27,30). The summed E-state index contributed by atoms with van der Waals surface area (Å²) in [5, 5.41) is 12.1. The molecule has 3 unspecified atom stereocenters. The summed E-state index contributed by atoms with van der Waals surface area (Å²) in [5.74, 6) is 1.64. The topological polar surface area (TPSA) is 127 Å². The Hall–Kier alpha value is -1.21. The first-order chi connectivity index (χ1) is 17.1. The van der Waals surface area contributed by atoms with Gasteiger partial charge in [-0.25, -0.2) is 4.79 Å². The Labute approximate surface area is 218 Å². The number of thioether (sulfide) groups is 1. The number of fused-ring (bicyclic) bond motifs is 1. The predicted octanol–water partition coefficient (Wildman–Crippen LogP) is 1.09. The Morgan fingerprint density at radius 1 is 0.857 bits per heavy atom. The molecule has 2 fully saturated rings. The zero-order chi connectivity index (χ0) is 25.1. The van der Waals surface area contributed by atoms with E-state index in [1.165, 1.54) is 0 Å². The molecule has 12 heteroatoms. The van der Waals surface area contributed by atoms with E-state index in [-0.39, 0.29) is 29.9 Å². The molecule has 2 rings (SSSR count). The first-order valence-electron chi connectivity index (χ1n) is 12.7. The van der Waals surface area contributed by atoms with Gasteiger partial charge in [-0.3, -0.25) is 9.59 Å². The van der Waals surface area contributed by atoms with Crippen molar-refractivity contribution in [1.29, 1.82) is 0 Å². The molecule has 0 spiro atoms. The van der Waals surface area contributed by atoms with Crippen LogP contribution in [0.3, 0.4) is 0 Å². The van der Waals surface area contributed by atoms with Gasteiger partial charge >= 0.3 is 6.03 Å². The van der Waals surface area contributed by atoms with Gasteiger partial charge in [-0.1, -0.05) is 6.42 Å². The van der Waals surface area contributed by atoms with E-state index in [9.17, 15) is 14.4 Å². The number of hydrogen-bond donors (Lipinski definition) is 5. The fraction of sp³-hybridized carbons (Fsp3) is 0.870. The first kappa shape index (κ1) is 30.0. The van der Waals surface area contributed by atoms with Gasteiger partial charge in [-0.2, -0.15) is 24.4 Å². The molecule has 35 heavy (non-hydrogen) atoms. The second-order valence-electron chi connectivity index (χ2n) is 8.59. The number of nitrogens with one attached hydrogen (secondary N) is 4. The van der Waals surface area contributed by atoms with E-state index < -0.39 is 0 Å². The SMILES string of the molecule is O=C(CCS)NCCCOCCOCCOCCCNC(=O)CCCCC1SCC2NC(=O)NC21. The minimum Gasteiger partial charge on any atom is -0.379 e. The monoisotopic (exact) mass is 534 g/mol. The Kier molecular flexibility index (Phi) is 16.3. The highest BCUT2D eigenvalue weighted by atomic mass is 32.2. The lowest BCUT2D eigenvalue weighted by Crippen LogP contribution is -2.36. The fourth-order valence-corrected chi connectivity index (χ4v) is 5.65. The smallest absolute Gasteiger partial charge is 0.315 e. The van der Waals surface area contributed by atoms with Gasteiger partial charge in [0.15, 0.2) is 0 Å². The highest BCUT2D eigenvalue weighted by Gasteiger charge is 2.42. The van der Waals surface area contributed by atoms with Gasteiger partial charge < -0.3 is 35.5 Å². The van der Waals surface area contributed by atoms with E-state index >= 15 is 0 Å². The molecule has 0 aromatic heterocycles.